The maximum absolute atomic E-state index is 11.8. The monoisotopic (exact) mass is 276 g/mol. The van der Waals surface area contributed by atoms with Crippen LogP contribution in [0.25, 0.3) is 0 Å². The van der Waals surface area contributed by atoms with Gasteiger partial charge in [0.2, 0.25) is 5.91 Å². The molecule has 0 unspecified atom stereocenters. The van der Waals surface area contributed by atoms with Crippen LogP contribution >= 0.6 is 0 Å². The van der Waals surface area contributed by atoms with Crippen LogP contribution in [0.3, 0.4) is 0 Å². The first-order valence-electron chi connectivity index (χ1n) is 5.56. The molecule has 4 nitrogen and oxygen atoms in total. The van der Waals surface area contributed by atoms with Gasteiger partial charge in [0.25, 0.3) is 0 Å². The number of anilines is 2. The molecule has 0 spiro atoms. The highest BCUT2D eigenvalue weighted by Crippen LogP contribution is 2.17. The molecule has 0 aliphatic heterocycles. The van der Waals surface area contributed by atoms with E-state index in [-0.39, 0.29) is 18.9 Å². The number of hydrogen-bond acceptors (Lipinski definition) is 3. The Morgan fingerprint density at radius 2 is 2.11 bits per heavy atom. The van der Waals surface area contributed by atoms with Gasteiger partial charge in [-0.25, -0.2) is 0 Å². The van der Waals surface area contributed by atoms with E-state index in [0.29, 0.717) is 11.4 Å². The summed E-state index contributed by atoms with van der Waals surface area (Å²) in [5, 5.41) is 0. The van der Waals surface area contributed by atoms with Gasteiger partial charge in [-0.05, 0) is 18.2 Å². The summed E-state index contributed by atoms with van der Waals surface area (Å²) in [6.07, 6.45) is -4.50. The van der Waals surface area contributed by atoms with Crippen LogP contribution in [0, 0.1) is 0 Å². The molecule has 1 rings (SSSR count). The number of nitrogen functional groups attached to an aromatic ring is 1. The van der Waals surface area contributed by atoms with Crippen molar-refractivity contribution < 1.29 is 22.7 Å². The van der Waals surface area contributed by atoms with Crippen LogP contribution in [0.2, 0.25) is 0 Å². The van der Waals surface area contributed by atoms with Crippen molar-refractivity contribution in [3.05, 3.63) is 24.3 Å². The minimum absolute atomic E-state index is 0.124. The number of nitrogens with two attached hydrogens (primary N) is 1. The number of carbonyl (C=O) groups is 1. The van der Waals surface area contributed by atoms with Gasteiger partial charge >= 0.3 is 6.18 Å². The van der Waals surface area contributed by atoms with Crippen molar-refractivity contribution in [1.29, 1.82) is 0 Å². The highest BCUT2D eigenvalue weighted by Gasteiger charge is 2.27. The summed E-state index contributed by atoms with van der Waals surface area (Å²) in [7, 11) is 1.53. The van der Waals surface area contributed by atoms with Crippen molar-refractivity contribution in [3.63, 3.8) is 0 Å². The van der Waals surface area contributed by atoms with Gasteiger partial charge in [-0.2, -0.15) is 13.2 Å². The van der Waals surface area contributed by atoms with Gasteiger partial charge in [0, 0.05) is 18.4 Å². The molecule has 2 N–H and O–H groups in total. The number of ether oxygens (including phenoxy) is 1. The highest BCUT2D eigenvalue weighted by molar-refractivity contribution is 5.93. The van der Waals surface area contributed by atoms with Crippen LogP contribution in [-0.4, -0.2) is 32.3 Å². The maximum atomic E-state index is 11.8. The minimum atomic E-state index is -4.37. The van der Waals surface area contributed by atoms with Crippen LogP contribution in [0.5, 0.6) is 0 Å². The Morgan fingerprint density at radius 1 is 1.42 bits per heavy atom. The van der Waals surface area contributed by atoms with Crippen LogP contribution in [0.4, 0.5) is 24.5 Å². The van der Waals surface area contributed by atoms with Crippen molar-refractivity contribution in [1.82, 2.24) is 0 Å². The second kappa shape index (κ2) is 6.42. The molecular formula is C12H15F3N2O2. The van der Waals surface area contributed by atoms with E-state index in [0.717, 1.165) is 0 Å². The zero-order valence-electron chi connectivity index (χ0n) is 10.4. The van der Waals surface area contributed by atoms with E-state index in [1.165, 1.54) is 11.9 Å². The SMILES string of the molecule is CN(C(=O)CCOCC(F)(F)F)c1cccc(N)c1. The normalized spacial score (nSPS) is 11.4. The number of hydrogen-bond donors (Lipinski definition) is 1. The fourth-order valence-electron chi connectivity index (χ4n) is 1.39. The zero-order chi connectivity index (χ0) is 14.5. The van der Waals surface area contributed by atoms with E-state index in [4.69, 9.17) is 5.73 Å². The predicted octanol–water partition coefficient (Wildman–Crippen LogP) is 2.20. The lowest BCUT2D eigenvalue weighted by molar-refractivity contribution is -0.174. The molecule has 0 bridgehead atoms. The molecule has 0 aliphatic carbocycles. The summed E-state index contributed by atoms with van der Waals surface area (Å²) in [5.41, 5.74) is 6.67. The van der Waals surface area contributed by atoms with E-state index >= 15 is 0 Å². The Kier molecular flexibility index (Phi) is 5.17. The first-order valence-corrected chi connectivity index (χ1v) is 5.56. The fourth-order valence-corrected chi connectivity index (χ4v) is 1.39. The largest absolute Gasteiger partial charge is 0.411 e. The molecule has 0 aromatic heterocycles. The molecule has 0 saturated heterocycles. The molecule has 0 fully saturated rings. The second-order valence-electron chi connectivity index (χ2n) is 3.97. The number of benzene rings is 1. The molecule has 0 aliphatic rings. The van der Waals surface area contributed by atoms with Crippen molar-refractivity contribution in [2.45, 2.75) is 12.6 Å². The fraction of sp³-hybridized carbons (Fsp3) is 0.417. The third kappa shape index (κ3) is 5.60. The van der Waals surface area contributed by atoms with Crippen molar-refractivity contribution in [3.8, 4) is 0 Å². The molecule has 106 valence electrons. The van der Waals surface area contributed by atoms with E-state index in [9.17, 15) is 18.0 Å². The quantitative estimate of drug-likeness (QED) is 0.662. The summed E-state index contributed by atoms with van der Waals surface area (Å²) in [5.74, 6) is -0.340. The van der Waals surface area contributed by atoms with E-state index in [2.05, 4.69) is 4.74 Å². The first-order chi connectivity index (χ1) is 8.79. The number of amides is 1. The van der Waals surface area contributed by atoms with Crippen LogP contribution < -0.4 is 10.6 Å². The van der Waals surface area contributed by atoms with Crippen molar-refractivity contribution >= 4 is 17.3 Å². The van der Waals surface area contributed by atoms with Gasteiger partial charge in [-0.15, -0.1) is 0 Å². The average molecular weight is 276 g/mol. The second-order valence-corrected chi connectivity index (χ2v) is 3.97. The number of alkyl halides is 3. The van der Waals surface area contributed by atoms with Gasteiger partial charge in [0.05, 0.1) is 13.0 Å². The maximum Gasteiger partial charge on any atom is 0.411 e. The molecule has 0 heterocycles. The molecule has 1 aromatic rings. The summed E-state index contributed by atoms with van der Waals surface area (Å²) in [4.78, 5) is 13.0. The zero-order valence-corrected chi connectivity index (χ0v) is 10.4. The molecular weight excluding hydrogens is 261 g/mol. The first kappa shape index (κ1) is 15.3. The summed E-state index contributed by atoms with van der Waals surface area (Å²) in [6, 6.07) is 6.65. The molecule has 0 saturated carbocycles. The van der Waals surface area contributed by atoms with Gasteiger partial charge in [0.15, 0.2) is 0 Å². The molecule has 0 atom stereocenters. The van der Waals surface area contributed by atoms with E-state index < -0.39 is 12.8 Å². The average Bonchev–Trinajstić information content (AvgIpc) is 2.32. The standard InChI is InChI=1S/C12H15F3N2O2/c1-17(10-4-2-3-9(16)7-10)11(18)5-6-19-8-12(13,14)15/h2-4,7H,5-6,8,16H2,1H3. The Balaban J connectivity index is 2.41. The topological polar surface area (TPSA) is 55.6 Å². The lowest BCUT2D eigenvalue weighted by Crippen LogP contribution is -2.28. The van der Waals surface area contributed by atoms with Gasteiger partial charge in [0.1, 0.15) is 6.61 Å². The van der Waals surface area contributed by atoms with Crippen LogP contribution in [0.1, 0.15) is 6.42 Å². The van der Waals surface area contributed by atoms with Crippen LogP contribution in [0.15, 0.2) is 24.3 Å². The summed E-state index contributed by atoms with van der Waals surface area (Å²) < 4.78 is 39.8. The van der Waals surface area contributed by atoms with Crippen molar-refractivity contribution in [2.75, 3.05) is 30.9 Å². The third-order valence-corrected chi connectivity index (χ3v) is 2.36. The van der Waals surface area contributed by atoms with E-state index in [1.807, 2.05) is 0 Å². The summed E-state index contributed by atoms with van der Waals surface area (Å²) >= 11 is 0. The van der Waals surface area contributed by atoms with Gasteiger partial charge in [-0.3, -0.25) is 4.79 Å². The Labute approximate surface area is 108 Å². The number of halogens is 3. The number of carbonyl (C=O) groups excluding carboxylic acids is 1. The molecule has 1 amide bonds. The van der Waals surface area contributed by atoms with Crippen LogP contribution in [-0.2, 0) is 9.53 Å². The molecule has 7 heteroatoms. The molecule has 1 aromatic carbocycles. The number of rotatable bonds is 5. The molecule has 19 heavy (non-hydrogen) atoms. The predicted molar refractivity (Wildman–Crippen MR) is 65.8 cm³/mol. The number of nitrogens with zero attached hydrogens (tertiary/aromatic N) is 1. The Hall–Kier alpha value is -1.76. The van der Waals surface area contributed by atoms with Gasteiger partial charge in [-0.1, -0.05) is 6.07 Å². The lowest BCUT2D eigenvalue weighted by atomic mass is 10.2. The highest BCUT2D eigenvalue weighted by atomic mass is 19.4. The third-order valence-electron chi connectivity index (χ3n) is 2.36. The minimum Gasteiger partial charge on any atom is -0.399 e. The Bertz CT molecular complexity index is 435. The lowest BCUT2D eigenvalue weighted by Gasteiger charge is -2.17. The van der Waals surface area contributed by atoms with E-state index in [1.54, 1.807) is 24.3 Å². The van der Waals surface area contributed by atoms with Gasteiger partial charge < -0.3 is 15.4 Å². The smallest absolute Gasteiger partial charge is 0.399 e. The van der Waals surface area contributed by atoms with Crippen molar-refractivity contribution in [2.24, 2.45) is 0 Å². The molecule has 0 radical (unpaired) electrons. The Morgan fingerprint density at radius 3 is 2.68 bits per heavy atom. The summed E-state index contributed by atoms with van der Waals surface area (Å²) in [6.45, 7) is -1.62.